The van der Waals surface area contributed by atoms with E-state index in [-0.39, 0.29) is 22.2 Å². The standard InChI is InChI=1S/C32H23ClN4O6S/c1-18-28(30(38)35-20-8-4-3-5-9-20)29(19-7-6-10-22(15-19)42-2)36-31(39)27(44-32(36)34-18)17-23-12-14-26(43-23)24-13-11-21(37(40)41)16-25(24)33/h3-17,29H,1-2H3,(H,35,38)/b27-17-/t29-/m1/s1. The second-order valence-electron chi connectivity index (χ2n) is 9.80. The van der Waals surface area contributed by atoms with Crippen LogP contribution in [0.1, 0.15) is 24.3 Å². The third-order valence-corrected chi connectivity index (χ3v) is 8.33. The minimum atomic E-state index is -0.779. The predicted octanol–water partition coefficient (Wildman–Crippen LogP) is 5.70. The first-order valence-electron chi connectivity index (χ1n) is 13.3. The number of carbonyl (C=O) groups excluding carboxylic acids is 1. The molecule has 0 unspecified atom stereocenters. The molecule has 220 valence electrons. The fourth-order valence-corrected chi connectivity index (χ4v) is 6.28. The van der Waals surface area contributed by atoms with E-state index in [1.165, 1.54) is 34.1 Å². The van der Waals surface area contributed by atoms with Gasteiger partial charge < -0.3 is 14.5 Å². The van der Waals surface area contributed by atoms with Gasteiger partial charge in [-0.15, -0.1) is 0 Å². The minimum Gasteiger partial charge on any atom is -0.497 e. The smallest absolute Gasteiger partial charge is 0.271 e. The number of carbonyl (C=O) groups is 1. The first-order valence-corrected chi connectivity index (χ1v) is 14.5. The molecule has 1 aliphatic heterocycles. The van der Waals surface area contributed by atoms with Gasteiger partial charge in [0.15, 0.2) is 4.80 Å². The third kappa shape index (κ3) is 5.46. The molecule has 1 atom stereocenters. The fourth-order valence-electron chi connectivity index (χ4n) is 4.98. The number of nitrogens with one attached hydrogen (secondary N) is 1. The Kier molecular flexibility index (Phi) is 7.73. The van der Waals surface area contributed by atoms with E-state index in [1.807, 2.05) is 24.3 Å². The molecule has 2 aromatic heterocycles. The lowest BCUT2D eigenvalue weighted by molar-refractivity contribution is -0.384. The van der Waals surface area contributed by atoms with Crippen molar-refractivity contribution in [3.8, 4) is 17.1 Å². The van der Waals surface area contributed by atoms with Gasteiger partial charge in [0.2, 0.25) is 0 Å². The Bertz CT molecular complexity index is 2150. The number of methoxy groups -OCH3 is 1. The number of amides is 1. The number of ether oxygens (including phenoxy) is 1. The number of allylic oxidation sites excluding steroid dienone is 1. The molecule has 3 heterocycles. The van der Waals surface area contributed by atoms with E-state index in [0.29, 0.717) is 54.7 Å². The van der Waals surface area contributed by atoms with Crippen molar-refractivity contribution < 1.29 is 18.9 Å². The Morgan fingerprint density at radius 2 is 1.91 bits per heavy atom. The zero-order valence-corrected chi connectivity index (χ0v) is 24.9. The van der Waals surface area contributed by atoms with Crippen molar-refractivity contribution in [2.24, 2.45) is 4.99 Å². The SMILES string of the molecule is COc1cccc([C@@H]2C(C(=O)Nc3ccccc3)=C(C)N=c3s/c(=C\c4ccc(-c5ccc([N+](=O)[O-])cc5Cl)o4)c(=O)n32)c1. The Hall–Kier alpha value is -5.26. The van der Waals surface area contributed by atoms with E-state index >= 15 is 0 Å². The van der Waals surface area contributed by atoms with Gasteiger partial charge in [-0.25, -0.2) is 4.99 Å². The van der Waals surface area contributed by atoms with E-state index in [4.69, 9.17) is 20.8 Å². The van der Waals surface area contributed by atoms with Crippen LogP contribution in [0.25, 0.3) is 17.4 Å². The molecule has 1 aliphatic rings. The number of aromatic nitrogens is 1. The van der Waals surface area contributed by atoms with E-state index in [1.54, 1.807) is 62.6 Å². The Morgan fingerprint density at radius 1 is 1.11 bits per heavy atom. The number of non-ortho nitro benzene ring substituents is 1. The summed E-state index contributed by atoms with van der Waals surface area (Å²) in [4.78, 5) is 43.3. The highest BCUT2D eigenvalue weighted by molar-refractivity contribution is 7.07. The number of rotatable bonds is 7. The molecule has 0 spiro atoms. The van der Waals surface area contributed by atoms with Gasteiger partial charge in [0.05, 0.1) is 38.9 Å². The summed E-state index contributed by atoms with van der Waals surface area (Å²) in [7, 11) is 1.55. The number of benzene rings is 3. The van der Waals surface area contributed by atoms with Crippen LogP contribution >= 0.6 is 22.9 Å². The molecule has 12 heteroatoms. The third-order valence-electron chi connectivity index (χ3n) is 7.04. The second-order valence-corrected chi connectivity index (χ2v) is 11.2. The maximum atomic E-state index is 14.0. The normalized spacial score (nSPS) is 14.6. The lowest BCUT2D eigenvalue weighted by Crippen LogP contribution is -2.40. The number of halogens is 1. The van der Waals surface area contributed by atoms with Crippen LogP contribution in [0.3, 0.4) is 0 Å². The number of nitrogens with zero attached hydrogens (tertiary/aromatic N) is 3. The van der Waals surface area contributed by atoms with Gasteiger partial charge in [0, 0.05) is 29.5 Å². The number of furan rings is 1. The number of anilines is 1. The lowest BCUT2D eigenvalue weighted by atomic mass is 9.95. The Labute approximate surface area is 259 Å². The van der Waals surface area contributed by atoms with Crippen molar-refractivity contribution in [1.29, 1.82) is 0 Å². The summed E-state index contributed by atoms with van der Waals surface area (Å²) < 4.78 is 13.3. The van der Waals surface area contributed by atoms with Gasteiger partial charge in [0.25, 0.3) is 17.2 Å². The Balaban J connectivity index is 1.44. The average Bonchev–Trinajstić information content (AvgIpc) is 3.60. The molecule has 1 amide bonds. The maximum absolute atomic E-state index is 14.0. The number of nitro benzene ring substituents is 1. The number of nitro groups is 1. The molecule has 1 N–H and O–H groups in total. The summed E-state index contributed by atoms with van der Waals surface area (Å²) in [5, 5.41) is 14.2. The van der Waals surface area contributed by atoms with E-state index < -0.39 is 11.0 Å². The molecule has 0 radical (unpaired) electrons. The zero-order chi connectivity index (χ0) is 31.0. The second kappa shape index (κ2) is 11.8. The molecule has 0 bridgehead atoms. The van der Waals surface area contributed by atoms with Crippen LogP contribution in [-0.4, -0.2) is 22.5 Å². The summed E-state index contributed by atoms with van der Waals surface area (Å²) in [5.41, 5.74) is 2.08. The summed E-state index contributed by atoms with van der Waals surface area (Å²) in [6.07, 6.45) is 1.60. The molecular weight excluding hydrogens is 604 g/mol. The maximum Gasteiger partial charge on any atom is 0.271 e. The number of hydrogen-bond donors (Lipinski definition) is 1. The van der Waals surface area contributed by atoms with E-state index in [9.17, 15) is 19.7 Å². The monoisotopic (exact) mass is 626 g/mol. The molecule has 3 aromatic carbocycles. The molecule has 5 aromatic rings. The van der Waals surface area contributed by atoms with Crippen LogP contribution in [0, 0.1) is 10.1 Å². The number of thiazole rings is 1. The van der Waals surface area contributed by atoms with Gasteiger partial charge in [-0.1, -0.05) is 53.3 Å². The summed E-state index contributed by atoms with van der Waals surface area (Å²) in [6, 6.07) is 23.0. The van der Waals surface area contributed by atoms with Gasteiger partial charge in [-0.2, -0.15) is 0 Å². The topological polar surface area (TPSA) is 129 Å². The number of fused-ring (bicyclic) bond motifs is 1. The molecule has 6 rings (SSSR count). The first-order chi connectivity index (χ1) is 21.2. The molecule has 10 nitrogen and oxygen atoms in total. The van der Waals surface area contributed by atoms with Crippen molar-refractivity contribution in [1.82, 2.24) is 4.57 Å². The summed E-state index contributed by atoms with van der Waals surface area (Å²) in [6.45, 7) is 1.75. The van der Waals surface area contributed by atoms with Crippen molar-refractivity contribution in [3.05, 3.63) is 142 Å². The van der Waals surface area contributed by atoms with Gasteiger partial charge in [-0.05, 0) is 55.0 Å². The van der Waals surface area contributed by atoms with E-state index in [0.717, 1.165) is 0 Å². The van der Waals surface area contributed by atoms with Crippen LogP contribution in [0.5, 0.6) is 5.75 Å². The van der Waals surface area contributed by atoms with Crippen LogP contribution in [0.15, 0.2) is 110 Å². The van der Waals surface area contributed by atoms with Crippen LogP contribution in [0.4, 0.5) is 11.4 Å². The van der Waals surface area contributed by atoms with Crippen molar-refractivity contribution in [2.75, 3.05) is 12.4 Å². The summed E-state index contributed by atoms with van der Waals surface area (Å²) >= 11 is 7.46. The predicted molar refractivity (Wildman–Crippen MR) is 168 cm³/mol. The molecular formula is C32H23ClN4O6S. The highest BCUT2D eigenvalue weighted by Gasteiger charge is 2.33. The van der Waals surface area contributed by atoms with Gasteiger partial charge >= 0.3 is 0 Å². The molecule has 0 saturated heterocycles. The van der Waals surface area contributed by atoms with Crippen LogP contribution < -0.4 is 24.9 Å². The first kappa shape index (κ1) is 28.8. The largest absolute Gasteiger partial charge is 0.497 e. The fraction of sp³-hybridized carbons (Fsp3) is 0.0938. The lowest BCUT2D eigenvalue weighted by Gasteiger charge is -2.25. The summed E-state index contributed by atoms with van der Waals surface area (Å²) in [5.74, 6) is 0.953. The van der Waals surface area contributed by atoms with Gasteiger partial charge in [-0.3, -0.25) is 24.3 Å². The van der Waals surface area contributed by atoms with Crippen molar-refractivity contribution >= 4 is 46.3 Å². The van der Waals surface area contributed by atoms with Gasteiger partial charge in [0.1, 0.15) is 17.3 Å². The highest BCUT2D eigenvalue weighted by Crippen LogP contribution is 2.34. The quantitative estimate of drug-likeness (QED) is 0.182. The molecule has 44 heavy (non-hydrogen) atoms. The number of hydrogen-bond acceptors (Lipinski definition) is 8. The highest BCUT2D eigenvalue weighted by atomic mass is 35.5. The molecule has 0 fully saturated rings. The van der Waals surface area contributed by atoms with E-state index in [2.05, 4.69) is 10.3 Å². The zero-order valence-electron chi connectivity index (χ0n) is 23.3. The minimum absolute atomic E-state index is 0.135. The number of para-hydroxylation sites is 1. The average molecular weight is 627 g/mol. The molecule has 0 aliphatic carbocycles. The molecule has 0 saturated carbocycles. The van der Waals surface area contributed by atoms with Crippen LogP contribution in [0.2, 0.25) is 5.02 Å². The van der Waals surface area contributed by atoms with Crippen molar-refractivity contribution in [2.45, 2.75) is 13.0 Å². The van der Waals surface area contributed by atoms with Crippen LogP contribution in [-0.2, 0) is 4.79 Å². The van der Waals surface area contributed by atoms with Crippen molar-refractivity contribution in [3.63, 3.8) is 0 Å². The Morgan fingerprint density at radius 3 is 2.64 bits per heavy atom.